The summed E-state index contributed by atoms with van der Waals surface area (Å²) in [6, 6.07) is 0. The van der Waals surface area contributed by atoms with Crippen LogP contribution in [0.25, 0.3) is 0 Å². The van der Waals surface area contributed by atoms with Gasteiger partial charge in [0.1, 0.15) is 0 Å². The molecule has 2 unspecified atom stereocenters. The van der Waals surface area contributed by atoms with Crippen LogP contribution >= 0.6 is 27.7 Å². The second kappa shape index (κ2) is 8.02. The molecule has 0 aromatic rings. The molecule has 2 heteroatoms. The zero-order valence-electron chi connectivity index (χ0n) is 10.9. The Balaban J connectivity index is 1.79. The Morgan fingerprint density at radius 3 is 2.12 bits per heavy atom. The fourth-order valence-corrected chi connectivity index (χ4v) is 3.81. The lowest BCUT2D eigenvalue weighted by Crippen LogP contribution is -1.93. The summed E-state index contributed by atoms with van der Waals surface area (Å²) in [4.78, 5) is 0. The molecule has 0 aliphatic heterocycles. The van der Waals surface area contributed by atoms with Gasteiger partial charge < -0.3 is 0 Å². The van der Waals surface area contributed by atoms with Crippen LogP contribution in [0.4, 0.5) is 0 Å². The van der Waals surface area contributed by atoms with Gasteiger partial charge in [-0.1, -0.05) is 74.2 Å². The highest BCUT2D eigenvalue weighted by molar-refractivity contribution is 9.12. The average Bonchev–Trinajstić information content (AvgIpc) is 2.95. The smallest absolute Gasteiger partial charge is 0.0737 e. The molecule has 1 aliphatic rings. The summed E-state index contributed by atoms with van der Waals surface area (Å²) in [6.45, 7) is 2.29. The molecule has 1 saturated carbocycles. The van der Waals surface area contributed by atoms with E-state index in [2.05, 4.69) is 29.1 Å². The molecule has 0 amide bonds. The van der Waals surface area contributed by atoms with Gasteiger partial charge in [-0.2, -0.15) is 0 Å². The molecule has 0 nitrogen and oxygen atoms in total. The van der Waals surface area contributed by atoms with E-state index in [0.717, 1.165) is 5.92 Å². The molecule has 0 aromatic carbocycles. The van der Waals surface area contributed by atoms with E-state index in [0.29, 0.717) is 3.66 Å². The maximum atomic E-state index is 3.83. The van der Waals surface area contributed by atoms with Crippen molar-refractivity contribution in [2.24, 2.45) is 5.92 Å². The lowest BCUT2D eigenvalue weighted by Gasteiger charge is -2.05. The van der Waals surface area contributed by atoms with Crippen LogP contribution in [0.2, 0.25) is 0 Å². The molecule has 0 bridgehead atoms. The molecule has 0 aromatic heterocycles. The molecule has 0 N–H and O–H groups in total. The third-order valence-corrected chi connectivity index (χ3v) is 6.84. The number of halogens is 1. The van der Waals surface area contributed by atoms with Gasteiger partial charge in [-0.15, -0.1) is 11.8 Å². The molecule has 1 aliphatic carbocycles. The van der Waals surface area contributed by atoms with E-state index < -0.39 is 0 Å². The zero-order chi connectivity index (χ0) is 11.9. The van der Waals surface area contributed by atoms with Gasteiger partial charge in [0.2, 0.25) is 0 Å². The van der Waals surface area contributed by atoms with Gasteiger partial charge >= 0.3 is 0 Å². The first-order chi connectivity index (χ1) is 7.73. The molecule has 0 radical (unpaired) electrons. The van der Waals surface area contributed by atoms with Crippen molar-refractivity contribution in [3.05, 3.63) is 0 Å². The minimum atomic E-state index is 0.480. The Labute approximate surface area is 114 Å². The first kappa shape index (κ1) is 14.9. The van der Waals surface area contributed by atoms with Crippen molar-refractivity contribution in [2.75, 3.05) is 6.26 Å². The standard InChI is InChI=1S/C14H27BrS/c1-3-4-5-6-7-8-9-10-11-13-12-14(13,15)16-2/h13H,3-12H2,1-2H3. The van der Waals surface area contributed by atoms with Crippen molar-refractivity contribution in [3.63, 3.8) is 0 Å². The van der Waals surface area contributed by atoms with Gasteiger partial charge in [-0.05, 0) is 25.0 Å². The van der Waals surface area contributed by atoms with E-state index in [9.17, 15) is 0 Å². The third kappa shape index (κ3) is 5.44. The summed E-state index contributed by atoms with van der Waals surface area (Å²) in [5.41, 5.74) is 0. The maximum absolute atomic E-state index is 3.83. The fraction of sp³-hybridized carbons (Fsp3) is 1.00. The van der Waals surface area contributed by atoms with E-state index in [-0.39, 0.29) is 0 Å². The fourth-order valence-electron chi connectivity index (χ4n) is 2.37. The molecule has 0 spiro atoms. The summed E-state index contributed by atoms with van der Waals surface area (Å²) < 4.78 is 0.480. The van der Waals surface area contributed by atoms with Crippen LogP contribution in [-0.2, 0) is 0 Å². The Bertz CT molecular complexity index is 184. The number of rotatable bonds is 10. The predicted octanol–water partition coefficient (Wildman–Crippen LogP) is 5.99. The predicted molar refractivity (Wildman–Crippen MR) is 80.5 cm³/mol. The van der Waals surface area contributed by atoms with E-state index in [1.807, 2.05) is 11.8 Å². The average molecular weight is 307 g/mol. The topological polar surface area (TPSA) is 0 Å². The highest BCUT2D eigenvalue weighted by atomic mass is 79.9. The minimum Gasteiger partial charge on any atom is -0.147 e. The SMILES string of the molecule is CCCCCCCCCCC1CC1(Br)SC. The highest BCUT2D eigenvalue weighted by Gasteiger charge is 2.50. The van der Waals surface area contributed by atoms with Crippen molar-refractivity contribution in [2.45, 2.75) is 74.8 Å². The van der Waals surface area contributed by atoms with Gasteiger partial charge in [0, 0.05) is 0 Å². The van der Waals surface area contributed by atoms with E-state index in [4.69, 9.17) is 0 Å². The molecule has 1 fully saturated rings. The summed E-state index contributed by atoms with van der Waals surface area (Å²) in [7, 11) is 0. The molecule has 0 heterocycles. The van der Waals surface area contributed by atoms with Gasteiger partial charge in [0.25, 0.3) is 0 Å². The molecule has 0 saturated heterocycles. The van der Waals surface area contributed by atoms with Crippen LogP contribution in [0.3, 0.4) is 0 Å². The monoisotopic (exact) mass is 306 g/mol. The molecular formula is C14H27BrS. The first-order valence-corrected chi connectivity index (χ1v) is 8.98. The van der Waals surface area contributed by atoms with Gasteiger partial charge in [0.05, 0.1) is 3.66 Å². The quantitative estimate of drug-likeness (QED) is 0.353. The second-order valence-electron chi connectivity index (χ2n) is 5.15. The lowest BCUT2D eigenvalue weighted by molar-refractivity contribution is 0.551. The van der Waals surface area contributed by atoms with Crippen LogP contribution < -0.4 is 0 Å². The Morgan fingerprint density at radius 2 is 1.62 bits per heavy atom. The molecule has 96 valence electrons. The summed E-state index contributed by atoms with van der Waals surface area (Å²) in [6.07, 6.45) is 16.6. The second-order valence-corrected chi connectivity index (χ2v) is 8.23. The molecule has 16 heavy (non-hydrogen) atoms. The van der Waals surface area contributed by atoms with Crippen LogP contribution in [0.1, 0.15) is 71.1 Å². The van der Waals surface area contributed by atoms with Crippen molar-refractivity contribution in [1.82, 2.24) is 0 Å². The Kier molecular flexibility index (Phi) is 7.47. The van der Waals surface area contributed by atoms with Crippen molar-refractivity contribution >= 4 is 27.7 Å². The number of thioether (sulfide) groups is 1. The molecule has 1 rings (SSSR count). The van der Waals surface area contributed by atoms with Crippen LogP contribution in [-0.4, -0.2) is 9.91 Å². The summed E-state index contributed by atoms with van der Waals surface area (Å²) in [5.74, 6) is 0.961. The minimum absolute atomic E-state index is 0.480. The largest absolute Gasteiger partial charge is 0.147 e. The normalized spacial score (nSPS) is 28.3. The van der Waals surface area contributed by atoms with Gasteiger partial charge in [-0.25, -0.2) is 0 Å². The molecular weight excluding hydrogens is 280 g/mol. The zero-order valence-corrected chi connectivity index (χ0v) is 13.3. The number of hydrogen-bond acceptors (Lipinski definition) is 1. The Morgan fingerprint density at radius 1 is 1.06 bits per heavy atom. The summed E-state index contributed by atoms with van der Waals surface area (Å²) in [5, 5.41) is 0. The van der Waals surface area contributed by atoms with E-state index in [1.165, 1.54) is 64.2 Å². The van der Waals surface area contributed by atoms with Gasteiger partial charge in [0.15, 0.2) is 0 Å². The summed E-state index contributed by atoms with van der Waals surface area (Å²) >= 11 is 5.82. The number of alkyl halides is 1. The lowest BCUT2D eigenvalue weighted by atomic mass is 10.1. The van der Waals surface area contributed by atoms with Crippen LogP contribution in [0.15, 0.2) is 0 Å². The van der Waals surface area contributed by atoms with Crippen molar-refractivity contribution in [1.29, 1.82) is 0 Å². The van der Waals surface area contributed by atoms with E-state index >= 15 is 0 Å². The molecule has 2 atom stereocenters. The van der Waals surface area contributed by atoms with Crippen molar-refractivity contribution < 1.29 is 0 Å². The number of hydrogen-bond donors (Lipinski definition) is 0. The van der Waals surface area contributed by atoms with Gasteiger partial charge in [-0.3, -0.25) is 0 Å². The number of unbranched alkanes of at least 4 members (excludes halogenated alkanes) is 7. The van der Waals surface area contributed by atoms with Crippen LogP contribution in [0.5, 0.6) is 0 Å². The third-order valence-electron chi connectivity index (χ3n) is 3.72. The van der Waals surface area contributed by atoms with Crippen molar-refractivity contribution in [3.8, 4) is 0 Å². The highest BCUT2D eigenvalue weighted by Crippen LogP contribution is 2.60. The van der Waals surface area contributed by atoms with E-state index in [1.54, 1.807) is 0 Å². The first-order valence-electron chi connectivity index (χ1n) is 6.97. The Hall–Kier alpha value is 0.830. The maximum Gasteiger partial charge on any atom is 0.0737 e. The van der Waals surface area contributed by atoms with Crippen LogP contribution in [0, 0.1) is 5.92 Å².